The van der Waals surface area contributed by atoms with Gasteiger partial charge in [-0.05, 0) is 5.92 Å². The maximum absolute atomic E-state index is 12.3. The zero-order chi connectivity index (χ0) is 26.9. The van der Waals surface area contributed by atoms with Crippen molar-refractivity contribution in [1.29, 1.82) is 0 Å². The topological polar surface area (TPSA) is 265 Å². The van der Waals surface area contributed by atoms with Gasteiger partial charge in [0, 0.05) is 12.8 Å². The van der Waals surface area contributed by atoms with Crippen molar-refractivity contribution in [3.05, 3.63) is 12.7 Å². The number of carbonyl (C=O) groups is 1. The normalized spacial score (nSPS) is 24.0. The summed E-state index contributed by atoms with van der Waals surface area (Å²) in [4.78, 5) is 60.6. The highest BCUT2D eigenvalue weighted by Crippen LogP contribution is 2.66. The quantitative estimate of drug-likeness (QED) is 0.185. The van der Waals surface area contributed by atoms with Gasteiger partial charge in [-0.15, -0.1) is 0 Å². The lowest BCUT2D eigenvalue weighted by atomic mass is 10.1. The van der Waals surface area contributed by atoms with Crippen molar-refractivity contribution < 1.29 is 60.7 Å². The lowest BCUT2D eigenvalue weighted by molar-refractivity contribution is -0.153. The van der Waals surface area contributed by atoms with Gasteiger partial charge in [0.2, 0.25) is 0 Å². The van der Waals surface area contributed by atoms with Crippen LogP contribution in [0.3, 0.4) is 0 Å². The molecule has 0 saturated carbocycles. The molecule has 2 aromatic rings. The lowest BCUT2D eigenvalue weighted by Gasteiger charge is -2.21. The first-order chi connectivity index (χ1) is 16.6. The second kappa shape index (κ2) is 10.9. The van der Waals surface area contributed by atoms with Gasteiger partial charge in [0.1, 0.15) is 30.3 Å². The number of hydrogen-bond donors (Lipinski definition) is 5. The van der Waals surface area contributed by atoms with E-state index in [0.717, 1.165) is 0 Å². The van der Waals surface area contributed by atoms with Crippen LogP contribution < -0.4 is 5.73 Å². The molecular formula is C15H24N5O13P3. The molecule has 1 aliphatic rings. The van der Waals surface area contributed by atoms with Crippen LogP contribution in [0.5, 0.6) is 0 Å². The van der Waals surface area contributed by atoms with Crippen LogP contribution in [-0.2, 0) is 41.1 Å². The Morgan fingerprint density at radius 3 is 2.50 bits per heavy atom. The van der Waals surface area contributed by atoms with Crippen LogP contribution in [0, 0.1) is 5.92 Å². The second-order valence-corrected chi connectivity index (χ2v) is 12.4. The third-order valence-electron chi connectivity index (χ3n) is 4.55. The number of phosphoric acid groups is 3. The third-order valence-corrected chi connectivity index (χ3v) is 8.36. The smallest absolute Gasteiger partial charge is 0.459 e. The number of rotatable bonds is 11. The number of nitrogens with two attached hydrogens (primary N) is 1. The Bertz CT molecular complexity index is 1250. The summed E-state index contributed by atoms with van der Waals surface area (Å²) in [5.74, 6) is -0.494. The Morgan fingerprint density at radius 1 is 1.17 bits per heavy atom. The summed E-state index contributed by atoms with van der Waals surface area (Å²) < 4.78 is 59.2. The van der Waals surface area contributed by atoms with Gasteiger partial charge in [-0.1, -0.05) is 13.8 Å². The Balaban J connectivity index is 1.76. The minimum Gasteiger partial charge on any atom is -0.459 e. The number of nitrogen functional groups attached to an aromatic ring is 1. The molecule has 0 bridgehead atoms. The van der Waals surface area contributed by atoms with Crippen molar-refractivity contribution in [3.63, 3.8) is 0 Å². The molecule has 18 nitrogen and oxygen atoms in total. The van der Waals surface area contributed by atoms with E-state index in [-0.39, 0.29) is 30.1 Å². The molecule has 0 amide bonds. The maximum Gasteiger partial charge on any atom is 0.490 e. The first kappa shape index (κ1) is 28.8. The molecule has 1 saturated heterocycles. The summed E-state index contributed by atoms with van der Waals surface area (Å²) in [5.41, 5.74) is 6.37. The zero-order valence-electron chi connectivity index (χ0n) is 18.8. The fraction of sp³-hybridized carbons (Fsp3) is 0.600. The number of phosphoric ester groups is 1. The maximum atomic E-state index is 12.3. The van der Waals surface area contributed by atoms with E-state index in [4.69, 9.17) is 25.0 Å². The summed E-state index contributed by atoms with van der Waals surface area (Å²) >= 11 is 0. The number of fused-ring (bicyclic) bond motifs is 1. The van der Waals surface area contributed by atoms with Gasteiger partial charge in [0.25, 0.3) is 0 Å². The average Bonchev–Trinajstić information content (AvgIpc) is 3.27. The minimum atomic E-state index is -5.70. The standard InChI is InChI=1S/C15H24N5O13P3/c1-8(2)3-12(21)31-9-4-11(20-7-19-13-14(16)17-6-18-15(13)20)30-10(9)5-29-35(25,26)33-36(27,28)32-34(22,23)24/h6-11H,3-5H2,1-2H3,(H,25,26)(H,27,28)(H2,16,17,18)(H2,22,23,24)/t9-,10+,11+/m0/s1. The van der Waals surface area contributed by atoms with Gasteiger partial charge in [-0.2, -0.15) is 8.62 Å². The predicted molar refractivity (Wildman–Crippen MR) is 117 cm³/mol. The van der Waals surface area contributed by atoms with Crippen LogP contribution in [0.4, 0.5) is 5.82 Å². The van der Waals surface area contributed by atoms with Crippen molar-refractivity contribution >= 4 is 46.4 Å². The molecule has 3 heterocycles. The van der Waals surface area contributed by atoms with Crippen molar-refractivity contribution in [3.8, 4) is 0 Å². The number of imidazole rings is 1. The Morgan fingerprint density at radius 2 is 1.86 bits per heavy atom. The van der Waals surface area contributed by atoms with Crippen LogP contribution in [0.2, 0.25) is 0 Å². The first-order valence-electron chi connectivity index (χ1n) is 10.1. The van der Waals surface area contributed by atoms with Crippen LogP contribution in [0.15, 0.2) is 12.7 Å². The lowest BCUT2D eigenvalue weighted by Crippen LogP contribution is -2.31. The zero-order valence-corrected chi connectivity index (χ0v) is 21.4. The largest absolute Gasteiger partial charge is 0.490 e. The minimum absolute atomic E-state index is 0.0265. The number of aromatic nitrogens is 4. The molecule has 1 fully saturated rings. The van der Waals surface area contributed by atoms with E-state index in [1.54, 1.807) is 13.8 Å². The second-order valence-electron chi connectivity index (χ2n) is 7.96. The van der Waals surface area contributed by atoms with Crippen molar-refractivity contribution in [2.24, 2.45) is 5.92 Å². The molecule has 21 heteroatoms. The first-order valence-corrected chi connectivity index (χ1v) is 14.6. The number of anilines is 1. The summed E-state index contributed by atoms with van der Waals surface area (Å²) in [6, 6.07) is 0. The summed E-state index contributed by atoms with van der Waals surface area (Å²) in [5, 5.41) is 0. The SMILES string of the molecule is CC(C)CC(=O)O[C@H]1C[C@H](n2cnc3c(N)ncnc32)O[C@@H]1COP(=O)(O)OP(=O)(O)OP(=O)(O)O. The molecule has 0 radical (unpaired) electrons. The fourth-order valence-electron chi connectivity index (χ4n) is 3.25. The Labute approximate surface area is 203 Å². The van der Waals surface area contributed by atoms with E-state index in [9.17, 15) is 28.3 Å². The van der Waals surface area contributed by atoms with Crippen molar-refractivity contribution in [2.75, 3.05) is 12.3 Å². The van der Waals surface area contributed by atoms with Gasteiger partial charge in [0.05, 0.1) is 12.9 Å². The van der Waals surface area contributed by atoms with Crippen molar-refractivity contribution in [2.45, 2.75) is 45.1 Å². The average molecular weight is 575 g/mol. The molecule has 0 spiro atoms. The Kier molecular flexibility index (Phi) is 8.70. The molecule has 36 heavy (non-hydrogen) atoms. The number of carbonyl (C=O) groups excluding carboxylic acids is 1. The highest BCUT2D eigenvalue weighted by molar-refractivity contribution is 7.66. The number of ether oxygens (including phenoxy) is 2. The van der Waals surface area contributed by atoms with E-state index < -0.39 is 54.5 Å². The molecule has 5 atom stereocenters. The molecule has 3 rings (SSSR count). The van der Waals surface area contributed by atoms with Crippen molar-refractivity contribution in [1.82, 2.24) is 19.5 Å². The molecule has 6 N–H and O–H groups in total. The molecule has 1 aliphatic heterocycles. The summed E-state index contributed by atoms with van der Waals surface area (Å²) in [7, 11) is -16.7. The number of nitrogens with zero attached hydrogens (tertiary/aromatic N) is 4. The molecule has 2 unspecified atom stereocenters. The van der Waals surface area contributed by atoms with Crippen LogP contribution >= 0.6 is 23.5 Å². The van der Waals surface area contributed by atoms with E-state index in [1.807, 2.05) is 0 Å². The molecule has 2 aromatic heterocycles. The van der Waals surface area contributed by atoms with Crippen LogP contribution in [0.25, 0.3) is 11.2 Å². The highest BCUT2D eigenvalue weighted by atomic mass is 31.3. The van der Waals surface area contributed by atoms with Gasteiger partial charge in [-0.3, -0.25) is 13.9 Å². The number of hydrogen-bond acceptors (Lipinski definition) is 13. The summed E-state index contributed by atoms with van der Waals surface area (Å²) in [6.07, 6.45) is -0.380. The predicted octanol–water partition coefficient (Wildman–Crippen LogP) is 0.997. The van der Waals surface area contributed by atoms with Gasteiger partial charge in [-0.25, -0.2) is 28.6 Å². The van der Waals surface area contributed by atoms with Gasteiger partial charge in [0.15, 0.2) is 11.5 Å². The van der Waals surface area contributed by atoms with E-state index in [2.05, 4.69) is 28.1 Å². The molecular weight excluding hydrogens is 551 g/mol. The van der Waals surface area contributed by atoms with Crippen LogP contribution in [0.1, 0.15) is 32.9 Å². The van der Waals surface area contributed by atoms with E-state index >= 15 is 0 Å². The van der Waals surface area contributed by atoms with Gasteiger partial charge >= 0.3 is 29.4 Å². The molecule has 202 valence electrons. The highest BCUT2D eigenvalue weighted by Gasteiger charge is 2.44. The Hall–Kier alpha value is -1.81. The molecule has 0 aromatic carbocycles. The van der Waals surface area contributed by atoms with Gasteiger partial charge < -0.3 is 34.8 Å². The van der Waals surface area contributed by atoms with Crippen LogP contribution in [-0.4, -0.2) is 63.9 Å². The monoisotopic (exact) mass is 575 g/mol. The third kappa shape index (κ3) is 7.84. The van der Waals surface area contributed by atoms with E-state index in [0.29, 0.717) is 5.65 Å². The summed E-state index contributed by atoms with van der Waals surface area (Å²) in [6.45, 7) is 2.79. The fourth-order valence-corrected chi connectivity index (χ4v) is 6.28. The number of esters is 1. The van der Waals surface area contributed by atoms with E-state index in [1.165, 1.54) is 17.2 Å². The molecule has 0 aliphatic carbocycles.